The van der Waals surface area contributed by atoms with E-state index in [9.17, 15) is 18.0 Å². The van der Waals surface area contributed by atoms with Crippen LogP contribution in [0.1, 0.15) is 49.7 Å². The van der Waals surface area contributed by atoms with Gasteiger partial charge in [0.15, 0.2) is 0 Å². The van der Waals surface area contributed by atoms with Gasteiger partial charge in [0, 0.05) is 47.9 Å². The first kappa shape index (κ1) is 25.2. The maximum atomic E-state index is 13.4. The van der Waals surface area contributed by atoms with Crippen LogP contribution in [0.4, 0.5) is 11.4 Å². The summed E-state index contributed by atoms with van der Waals surface area (Å²) >= 11 is 6.16. The number of carbonyl (C=O) groups is 2. The Bertz CT molecular complexity index is 1280. The minimum Gasteiger partial charge on any atom is -0.326 e. The summed E-state index contributed by atoms with van der Waals surface area (Å²) in [5.41, 5.74) is 3.26. The van der Waals surface area contributed by atoms with Crippen molar-refractivity contribution in [3.8, 4) is 0 Å². The Morgan fingerprint density at radius 1 is 0.972 bits per heavy atom. The average Bonchev–Trinajstić information content (AvgIpc) is 2.85. The molecule has 0 unspecified atom stereocenters. The van der Waals surface area contributed by atoms with Crippen LogP contribution in [0, 0.1) is 18.8 Å². The minimum atomic E-state index is -3.68. The summed E-state index contributed by atoms with van der Waals surface area (Å²) in [4.78, 5) is 27.8. The maximum absolute atomic E-state index is 13.4. The van der Waals surface area contributed by atoms with Crippen LogP contribution in [-0.4, -0.2) is 44.2 Å². The predicted octanol–water partition coefficient (Wildman–Crippen LogP) is 4.77. The summed E-state index contributed by atoms with van der Waals surface area (Å²) in [5.74, 6) is -0.0846. The summed E-state index contributed by atoms with van der Waals surface area (Å²) < 4.78 is 28.3. The van der Waals surface area contributed by atoms with Gasteiger partial charge >= 0.3 is 0 Å². The third-order valence-corrected chi connectivity index (χ3v) is 10.2. The summed E-state index contributed by atoms with van der Waals surface area (Å²) in [6.07, 6.45) is 5.51. The van der Waals surface area contributed by atoms with Crippen molar-refractivity contribution in [3.63, 3.8) is 0 Å². The summed E-state index contributed by atoms with van der Waals surface area (Å²) in [5, 5.41) is 3.54. The Balaban J connectivity index is 1.25. The van der Waals surface area contributed by atoms with Gasteiger partial charge in [0.05, 0.1) is 4.90 Å². The second-order valence-electron chi connectivity index (χ2n) is 10.1. The van der Waals surface area contributed by atoms with E-state index in [4.69, 9.17) is 11.6 Å². The van der Waals surface area contributed by atoms with Crippen molar-refractivity contribution in [2.75, 3.05) is 29.9 Å². The average molecular weight is 530 g/mol. The highest BCUT2D eigenvalue weighted by Gasteiger charge is 2.35. The lowest BCUT2D eigenvalue weighted by atomic mass is 9.83. The smallest absolute Gasteiger partial charge is 0.243 e. The van der Waals surface area contributed by atoms with Crippen LogP contribution < -0.4 is 10.2 Å². The lowest BCUT2D eigenvalue weighted by Gasteiger charge is -2.35. The molecular weight excluding hydrogens is 498 g/mol. The van der Waals surface area contributed by atoms with E-state index < -0.39 is 10.0 Å². The van der Waals surface area contributed by atoms with E-state index in [2.05, 4.69) is 5.32 Å². The molecule has 192 valence electrons. The van der Waals surface area contributed by atoms with Gasteiger partial charge in [-0.15, -0.1) is 0 Å². The van der Waals surface area contributed by atoms with Gasteiger partial charge in [0.2, 0.25) is 21.8 Å². The quantitative estimate of drug-likeness (QED) is 0.604. The van der Waals surface area contributed by atoms with Gasteiger partial charge in [0.25, 0.3) is 0 Å². The number of fused-ring (bicyclic) bond motifs is 1. The zero-order chi connectivity index (χ0) is 25.4. The molecule has 2 aromatic carbocycles. The van der Waals surface area contributed by atoms with Crippen LogP contribution in [-0.2, 0) is 26.0 Å². The number of benzene rings is 2. The van der Waals surface area contributed by atoms with Gasteiger partial charge < -0.3 is 10.2 Å². The van der Waals surface area contributed by atoms with Crippen LogP contribution in [0.15, 0.2) is 41.3 Å². The fraction of sp³-hybridized carbons (Fsp3) is 0.481. The molecule has 7 nitrogen and oxygen atoms in total. The molecule has 2 amide bonds. The topological polar surface area (TPSA) is 86.8 Å². The molecule has 0 bridgehead atoms. The first-order chi connectivity index (χ1) is 17.3. The van der Waals surface area contributed by atoms with Crippen molar-refractivity contribution in [1.82, 2.24) is 4.31 Å². The molecule has 1 saturated carbocycles. The first-order valence-electron chi connectivity index (χ1n) is 12.8. The van der Waals surface area contributed by atoms with Crippen LogP contribution in [0.5, 0.6) is 0 Å². The molecule has 5 rings (SSSR count). The highest BCUT2D eigenvalue weighted by Crippen LogP contribution is 2.36. The van der Waals surface area contributed by atoms with E-state index in [1.165, 1.54) is 4.31 Å². The SMILES string of the molecule is Cc1c(Cl)cccc1NC(=O)C1CCN(S(=O)(=O)c2ccc3c(c2)CCCN3C(=O)C2CCC2)CC1. The molecule has 1 N–H and O–H groups in total. The number of carbonyl (C=O) groups excluding carboxylic acids is 2. The second-order valence-corrected chi connectivity index (χ2v) is 12.4. The molecule has 9 heteroatoms. The highest BCUT2D eigenvalue weighted by molar-refractivity contribution is 7.89. The van der Waals surface area contributed by atoms with Crippen molar-refractivity contribution < 1.29 is 18.0 Å². The molecule has 0 spiro atoms. The maximum Gasteiger partial charge on any atom is 0.243 e. The van der Waals surface area contributed by atoms with Gasteiger partial charge in [-0.25, -0.2) is 8.42 Å². The molecule has 2 heterocycles. The highest BCUT2D eigenvalue weighted by atomic mass is 35.5. The zero-order valence-electron chi connectivity index (χ0n) is 20.5. The molecule has 2 aromatic rings. The van der Waals surface area contributed by atoms with Crippen molar-refractivity contribution in [2.24, 2.45) is 11.8 Å². The molecular formula is C27H32ClN3O4S. The number of rotatable bonds is 5. The van der Waals surface area contributed by atoms with Crippen molar-refractivity contribution in [1.29, 1.82) is 0 Å². The van der Waals surface area contributed by atoms with Crippen LogP contribution in [0.2, 0.25) is 5.02 Å². The Hall–Kier alpha value is -2.42. The Labute approximate surface area is 217 Å². The zero-order valence-corrected chi connectivity index (χ0v) is 22.1. The number of amides is 2. The Kier molecular flexibility index (Phi) is 7.12. The number of nitrogens with zero attached hydrogens (tertiary/aromatic N) is 2. The van der Waals surface area contributed by atoms with E-state index in [0.717, 1.165) is 48.9 Å². The van der Waals surface area contributed by atoms with E-state index in [-0.39, 0.29) is 28.5 Å². The van der Waals surface area contributed by atoms with Gasteiger partial charge in [-0.05, 0) is 86.9 Å². The van der Waals surface area contributed by atoms with E-state index in [1.54, 1.807) is 30.3 Å². The lowest BCUT2D eigenvalue weighted by molar-refractivity contribution is -0.124. The molecule has 3 aliphatic rings. The summed E-state index contributed by atoms with van der Waals surface area (Å²) in [7, 11) is -3.68. The minimum absolute atomic E-state index is 0.109. The molecule has 1 aliphatic carbocycles. The van der Waals surface area contributed by atoms with Gasteiger partial charge in [-0.2, -0.15) is 4.31 Å². The number of hydrogen-bond donors (Lipinski definition) is 1. The van der Waals surface area contributed by atoms with E-state index in [1.807, 2.05) is 17.9 Å². The summed E-state index contributed by atoms with van der Waals surface area (Å²) in [6, 6.07) is 10.6. The van der Waals surface area contributed by atoms with Gasteiger partial charge in [-0.1, -0.05) is 24.1 Å². The summed E-state index contributed by atoms with van der Waals surface area (Å²) in [6.45, 7) is 3.13. The van der Waals surface area contributed by atoms with Crippen LogP contribution in [0.25, 0.3) is 0 Å². The van der Waals surface area contributed by atoms with Crippen molar-refractivity contribution in [3.05, 3.63) is 52.5 Å². The van der Waals surface area contributed by atoms with Crippen molar-refractivity contribution >= 4 is 44.8 Å². The van der Waals surface area contributed by atoms with Crippen LogP contribution in [0.3, 0.4) is 0 Å². The van der Waals surface area contributed by atoms with Crippen LogP contribution >= 0.6 is 11.6 Å². The van der Waals surface area contributed by atoms with Gasteiger partial charge in [0.1, 0.15) is 0 Å². The molecule has 1 saturated heterocycles. The van der Waals surface area contributed by atoms with E-state index in [0.29, 0.717) is 43.2 Å². The number of anilines is 2. The Morgan fingerprint density at radius 3 is 2.42 bits per heavy atom. The lowest BCUT2D eigenvalue weighted by Crippen LogP contribution is -2.42. The predicted molar refractivity (Wildman–Crippen MR) is 141 cm³/mol. The molecule has 0 atom stereocenters. The third kappa shape index (κ3) is 4.78. The Morgan fingerprint density at radius 2 is 1.72 bits per heavy atom. The number of hydrogen-bond acceptors (Lipinski definition) is 4. The molecule has 36 heavy (non-hydrogen) atoms. The molecule has 0 radical (unpaired) electrons. The fourth-order valence-corrected chi connectivity index (χ4v) is 7.02. The fourth-order valence-electron chi connectivity index (χ4n) is 5.32. The second kappa shape index (κ2) is 10.1. The van der Waals surface area contributed by atoms with Crippen molar-refractivity contribution in [2.45, 2.75) is 56.8 Å². The number of aryl methyl sites for hydroxylation is 1. The standard InChI is InChI=1S/C27H32ClN3O4S/c1-18-23(28)8-3-9-24(18)29-26(32)19-12-15-30(16-13-19)36(34,35)22-10-11-25-21(17-22)7-4-14-31(25)27(33)20-5-2-6-20/h3,8-11,17,19-20H,2,4-7,12-16H2,1H3,(H,29,32). The number of piperidine rings is 1. The molecule has 2 fully saturated rings. The first-order valence-corrected chi connectivity index (χ1v) is 14.6. The molecule has 2 aliphatic heterocycles. The van der Waals surface area contributed by atoms with Gasteiger partial charge in [-0.3, -0.25) is 9.59 Å². The number of sulfonamides is 1. The number of nitrogens with one attached hydrogen (secondary N) is 1. The normalized spacial score (nSPS) is 19.4. The monoisotopic (exact) mass is 529 g/mol. The molecule has 0 aromatic heterocycles. The van der Waals surface area contributed by atoms with E-state index >= 15 is 0 Å². The third-order valence-electron chi connectivity index (χ3n) is 7.88. The largest absolute Gasteiger partial charge is 0.326 e. The number of halogens is 1.